The average Bonchev–Trinajstić information content (AvgIpc) is 2.52. The van der Waals surface area contributed by atoms with Gasteiger partial charge in [0, 0.05) is 10.5 Å². The fourth-order valence-corrected chi connectivity index (χ4v) is 2.44. The molecule has 0 spiro atoms. The van der Waals surface area contributed by atoms with E-state index in [1.165, 1.54) is 0 Å². The molecule has 0 saturated heterocycles. The van der Waals surface area contributed by atoms with E-state index in [4.69, 9.17) is 4.74 Å². The number of benzene rings is 2. The second-order valence-corrected chi connectivity index (χ2v) is 5.53. The predicted octanol–water partition coefficient (Wildman–Crippen LogP) is 4.62. The van der Waals surface area contributed by atoms with E-state index in [1.54, 1.807) is 24.9 Å². The molecule has 0 radical (unpaired) electrons. The molecular formula is C18H18O2S. The molecular weight excluding hydrogens is 280 g/mol. The molecule has 2 rings (SSSR count). The largest absolute Gasteiger partial charge is 0.496 e. The van der Waals surface area contributed by atoms with Crippen molar-refractivity contribution in [2.45, 2.75) is 11.8 Å². The number of hydrogen-bond acceptors (Lipinski definition) is 3. The minimum absolute atomic E-state index is 0.0103. The molecule has 2 aromatic rings. The first-order chi connectivity index (χ1) is 10.1. The molecule has 2 nitrogen and oxygen atoms in total. The molecule has 0 bridgehead atoms. The van der Waals surface area contributed by atoms with Crippen molar-refractivity contribution in [3.8, 4) is 5.75 Å². The Kier molecular flexibility index (Phi) is 5.23. The Morgan fingerprint density at radius 3 is 2.43 bits per heavy atom. The third-order valence-electron chi connectivity index (χ3n) is 3.22. The first-order valence-electron chi connectivity index (χ1n) is 6.65. The molecule has 0 aliphatic carbocycles. The number of thioether (sulfide) groups is 1. The van der Waals surface area contributed by atoms with Crippen LogP contribution in [0.3, 0.4) is 0 Å². The number of methoxy groups -OCH3 is 1. The minimum Gasteiger partial charge on any atom is -0.496 e. The van der Waals surface area contributed by atoms with Gasteiger partial charge in [0.15, 0.2) is 5.78 Å². The standard InChI is InChI=1S/C18H18O2S/c1-13-12-14(5-11-18(13)20-2)4-10-17(19)15-6-8-16(21-3)9-7-15/h4-12H,1-3H3/b10-4+. The average molecular weight is 298 g/mol. The van der Waals surface area contributed by atoms with E-state index >= 15 is 0 Å². The van der Waals surface area contributed by atoms with Crippen molar-refractivity contribution < 1.29 is 9.53 Å². The Hall–Kier alpha value is -2.00. The zero-order valence-corrected chi connectivity index (χ0v) is 13.2. The molecule has 2 aromatic carbocycles. The zero-order chi connectivity index (χ0) is 15.2. The predicted molar refractivity (Wildman–Crippen MR) is 89.3 cm³/mol. The molecule has 0 N–H and O–H groups in total. The van der Waals surface area contributed by atoms with E-state index in [2.05, 4.69) is 0 Å². The number of ether oxygens (including phenoxy) is 1. The van der Waals surface area contributed by atoms with Crippen molar-refractivity contribution in [1.82, 2.24) is 0 Å². The molecule has 21 heavy (non-hydrogen) atoms. The number of aryl methyl sites for hydroxylation is 1. The van der Waals surface area contributed by atoms with Gasteiger partial charge in [-0.3, -0.25) is 4.79 Å². The Balaban J connectivity index is 2.12. The van der Waals surface area contributed by atoms with Crippen molar-refractivity contribution in [3.05, 3.63) is 65.2 Å². The molecule has 0 aromatic heterocycles. The van der Waals surface area contributed by atoms with Crippen molar-refractivity contribution >= 4 is 23.6 Å². The van der Waals surface area contributed by atoms with Gasteiger partial charge in [0.2, 0.25) is 0 Å². The highest BCUT2D eigenvalue weighted by molar-refractivity contribution is 7.98. The summed E-state index contributed by atoms with van der Waals surface area (Å²) in [6, 6.07) is 13.5. The molecule has 0 aliphatic heterocycles. The van der Waals surface area contributed by atoms with Gasteiger partial charge >= 0.3 is 0 Å². The Bertz CT molecular complexity index is 657. The maximum absolute atomic E-state index is 12.1. The number of ketones is 1. The van der Waals surface area contributed by atoms with E-state index in [1.807, 2.05) is 61.7 Å². The minimum atomic E-state index is 0.0103. The van der Waals surface area contributed by atoms with E-state index in [0.29, 0.717) is 5.56 Å². The summed E-state index contributed by atoms with van der Waals surface area (Å²) in [5, 5.41) is 0. The van der Waals surface area contributed by atoms with Crippen molar-refractivity contribution in [2.24, 2.45) is 0 Å². The Labute approximate surface area is 129 Å². The van der Waals surface area contributed by atoms with Crippen LogP contribution < -0.4 is 4.74 Å². The fourth-order valence-electron chi connectivity index (χ4n) is 2.03. The van der Waals surface area contributed by atoms with Gasteiger partial charge in [-0.1, -0.05) is 12.1 Å². The Morgan fingerprint density at radius 2 is 1.86 bits per heavy atom. The molecule has 0 unspecified atom stereocenters. The summed E-state index contributed by atoms with van der Waals surface area (Å²) in [5.41, 5.74) is 2.74. The van der Waals surface area contributed by atoms with Gasteiger partial charge in [-0.05, 0) is 66.8 Å². The van der Waals surface area contributed by atoms with Crippen LogP contribution in [0, 0.1) is 6.92 Å². The molecule has 0 saturated carbocycles. The number of carbonyl (C=O) groups excluding carboxylic acids is 1. The van der Waals surface area contributed by atoms with Crippen molar-refractivity contribution in [1.29, 1.82) is 0 Å². The lowest BCUT2D eigenvalue weighted by atomic mass is 10.1. The lowest BCUT2D eigenvalue weighted by Crippen LogP contribution is -1.93. The van der Waals surface area contributed by atoms with Gasteiger partial charge < -0.3 is 4.74 Å². The summed E-state index contributed by atoms with van der Waals surface area (Å²) in [4.78, 5) is 13.3. The van der Waals surface area contributed by atoms with Gasteiger partial charge in [-0.2, -0.15) is 0 Å². The highest BCUT2D eigenvalue weighted by Crippen LogP contribution is 2.19. The monoisotopic (exact) mass is 298 g/mol. The second kappa shape index (κ2) is 7.14. The third kappa shape index (κ3) is 3.99. The van der Waals surface area contributed by atoms with Crippen LogP contribution >= 0.6 is 11.8 Å². The third-order valence-corrected chi connectivity index (χ3v) is 3.96. The number of allylic oxidation sites excluding steroid dienone is 1. The van der Waals surface area contributed by atoms with Gasteiger partial charge in [-0.25, -0.2) is 0 Å². The smallest absolute Gasteiger partial charge is 0.185 e. The highest BCUT2D eigenvalue weighted by atomic mass is 32.2. The number of carbonyl (C=O) groups is 1. The second-order valence-electron chi connectivity index (χ2n) is 4.66. The molecule has 0 heterocycles. The van der Waals surface area contributed by atoms with Crippen molar-refractivity contribution in [3.63, 3.8) is 0 Å². The molecule has 0 atom stereocenters. The maximum atomic E-state index is 12.1. The fraction of sp³-hybridized carbons (Fsp3) is 0.167. The highest BCUT2D eigenvalue weighted by Gasteiger charge is 2.02. The van der Waals surface area contributed by atoms with Crippen LogP contribution in [-0.2, 0) is 0 Å². The summed E-state index contributed by atoms with van der Waals surface area (Å²) >= 11 is 1.66. The summed E-state index contributed by atoms with van der Waals surface area (Å²) in [6.45, 7) is 1.99. The first kappa shape index (κ1) is 15.4. The molecule has 108 valence electrons. The van der Waals surface area contributed by atoms with Gasteiger partial charge in [0.25, 0.3) is 0 Å². The summed E-state index contributed by atoms with van der Waals surface area (Å²) in [5.74, 6) is 0.863. The van der Waals surface area contributed by atoms with Gasteiger partial charge in [-0.15, -0.1) is 11.8 Å². The van der Waals surface area contributed by atoms with Crippen LogP contribution in [0.25, 0.3) is 6.08 Å². The molecule has 0 amide bonds. The summed E-state index contributed by atoms with van der Waals surface area (Å²) in [7, 11) is 1.65. The summed E-state index contributed by atoms with van der Waals surface area (Å²) < 4.78 is 5.22. The molecule has 0 fully saturated rings. The topological polar surface area (TPSA) is 26.3 Å². The lowest BCUT2D eigenvalue weighted by Gasteiger charge is -2.04. The van der Waals surface area contributed by atoms with Crippen LogP contribution in [0.1, 0.15) is 21.5 Å². The van der Waals surface area contributed by atoms with Crippen LogP contribution in [0.2, 0.25) is 0 Å². The van der Waals surface area contributed by atoms with Crippen LogP contribution in [0.15, 0.2) is 53.4 Å². The summed E-state index contributed by atoms with van der Waals surface area (Å²) in [6.07, 6.45) is 5.45. The van der Waals surface area contributed by atoms with Gasteiger partial charge in [0.1, 0.15) is 5.75 Å². The Morgan fingerprint density at radius 1 is 1.14 bits per heavy atom. The first-order valence-corrected chi connectivity index (χ1v) is 7.87. The van der Waals surface area contributed by atoms with Crippen LogP contribution in [0.4, 0.5) is 0 Å². The molecule has 0 aliphatic rings. The zero-order valence-electron chi connectivity index (χ0n) is 12.4. The van der Waals surface area contributed by atoms with E-state index in [9.17, 15) is 4.79 Å². The quantitative estimate of drug-likeness (QED) is 0.457. The van der Waals surface area contributed by atoms with E-state index in [-0.39, 0.29) is 5.78 Å². The number of hydrogen-bond donors (Lipinski definition) is 0. The van der Waals surface area contributed by atoms with Crippen LogP contribution in [-0.4, -0.2) is 19.1 Å². The van der Waals surface area contributed by atoms with Crippen molar-refractivity contribution in [2.75, 3.05) is 13.4 Å². The van der Waals surface area contributed by atoms with E-state index in [0.717, 1.165) is 21.8 Å². The normalized spacial score (nSPS) is 10.8. The lowest BCUT2D eigenvalue weighted by molar-refractivity contribution is 0.104. The molecule has 3 heteroatoms. The maximum Gasteiger partial charge on any atom is 0.185 e. The van der Waals surface area contributed by atoms with Crippen LogP contribution in [0.5, 0.6) is 5.75 Å². The number of rotatable bonds is 5. The van der Waals surface area contributed by atoms with Gasteiger partial charge in [0.05, 0.1) is 7.11 Å². The SMILES string of the molecule is COc1ccc(/C=C/C(=O)c2ccc(SC)cc2)cc1C. The van der Waals surface area contributed by atoms with E-state index < -0.39 is 0 Å².